The molecule has 1 N–H and O–H groups in total. The van der Waals surface area contributed by atoms with Crippen molar-refractivity contribution in [3.05, 3.63) is 16.4 Å². The molecule has 0 aliphatic carbocycles. The molecule has 1 fully saturated rings. The standard InChI is InChI=1S/C13H23ClN4/c1-9-6-15-13(3,4)8-18(9)7-11-10(2)16-17(5)12(11)14/h9,15H,6-8H2,1-5H3. The molecular formula is C13H23ClN4. The quantitative estimate of drug-likeness (QED) is 0.892. The number of hydrogen-bond acceptors (Lipinski definition) is 3. The average Bonchev–Trinajstić information content (AvgIpc) is 2.50. The molecule has 1 atom stereocenters. The number of halogens is 1. The molecule has 1 saturated heterocycles. The fourth-order valence-corrected chi connectivity index (χ4v) is 2.78. The van der Waals surface area contributed by atoms with Crippen LogP contribution in [0.4, 0.5) is 0 Å². The van der Waals surface area contributed by atoms with Crippen LogP contribution in [0, 0.1) is 6.92 Å². The highest BCUT2D eigenvalue weighted by Gasteiger charge is 2.31. The van der Waals surface area contributed by atoms with Gasteiger partial charge in [0, 0.05) is 43.8 Å². The second kappa shape index (κ2) is 4.83. The summed E-state index contributed by atoms with van der Waals surface area (Å²) in [6.07, 6.45) is 0. The van der Waals surface area contributed by atoms with E-state index in [9.17, 15) is 0 Å². The van der Waals surface area contributed by atoms with Gasteiger partial charge < -0.3 is 5.32 Å². The van der Waals surface area contributed by atoms with Crippen molar-refractivity contribution in [2.75, 3.05) is 13.1 Å². The van der Waals surface area contributed by atoms with E-state index >= 15 is 0 Å². The van der Waals surface area contributed by atoms with E-state index in [1.54, 1.807) is 4.68 Å². The van der Waals surface area contributed by atoms with E-state index in [1.807, 2.05) is 14.0 Å². The van der Waals surface area contributed by atoms with Crippen molar-refractivity contribution in [2.45, 2.75) is 45.8 Å². The number of aromatic nitrogens is 2. The fourth-order valence-electron chi connectivity index (χ4n) is 2.54. The van der Waals surface area contributed by atoms with Crippen LogP contribution in [0.15, 0.2) is 0 Å². The summed E-state index contributed by atoms with van der Waals surface area (Å²) in [5.41, 5.74) is 2.35. The molecule has 0 saturated carbocycles. The summed E-state index contributed by atoms with van der Waals surface area (Å²) in [5.74, 6) is 0. The minimum absolute atomic E-state index is 0.162. The molecule has 1 aliphatic rings. The lowest BCUT2D eigenvalue weighted by atomic mass is 9.98. The molecule has 0 bridgehead atoms. The van der Waals surface area contributed by atoms with Gasteiger partial charge in [-0.2, -0.15) is 5.10 Å². The number of nitrogens with zero attached hydrogens (tertiary/aromatic N) is 3. The van der Waals surface area contributed by atoms with Crippen LogP contribution in [0.1, 0.15) is 32.0 Å². The van der Waals surface area contributed by atoms with E-state index < -0.39 is 0 Å². The van der Waals surface area contributed by atoms with Crippen molar-refractivity contribution in [2.24, 2.45) is 7.05 Å². The highest BCUT2D eigenvalue weighted by Crippen LogP contribution is 2.24. The summed E-state index contributed by atoms with van der Waals surface area (Å²) in [5, 5.41) is 8.70. The molecule has 0 spiro atoms. The van der Waals surface area contributed by atoms with E-state index in [1.165, 1.54) is 0 Å². The van der Waals surface area contributed by atoms with Gasteiger partial charge in [0.25, 0.3) is 0 Å². The Balaban J connectivity index is 2.17. The normalized spacial score (nSPS) is 24.4. The van der Waals surface area contributed by atoms with E-state index in [0.29, 0.717) is 6.04 Å². The van der Waals surface area contributed by atoms with Crippen molar-refractivity contribution in [1.29, 1.82) is 0 Å². The van der Waals surface area contributed by atoms with Crippen LogP contribution in [0.5, 0.6) is 0 Å². The van der Waals surface area contributed by atoms with Crippen LogP contribution in [0.25, 0.3) is 0 Å². The maximum Gasteiger partial charge on any atom is 0.131 e. The van der Waals surface area contributed by atoms with E-state index in [-0.39, 0.29) is 5.54 Å². The van der Waals surface area contributed by atoms with Gasteiger partial charge in [0.2, 0.25) is 0 Å². The molecule has 2 rings (SSSR count). The molecule has 2 heterocycles. The molecule has 0 radical (unpaired) electrons. The summed E-state index contributed by atoms with van der Waals surface area (Å²) >= 11 is 6.31. The Bertz CT molecular complexity index is 438. The number of aryl methyl sites for hydroxylation is 2. The average molecular weight is 271 g/mol. The van der Waals surface area contributed by atoms with Crippen molar-refractivity contribution in [1.82, 2.24) is 20.0 Å². The van der Waals surface area contributed by atoms with Gasteiger partial charge in [0.05, 0.1) is 5.69 Å². The van der Waals surface area contributed by atoms with Crippen molar-refractivity contribution in [3.8, 4) is 0 Å². The van der Waals surface area contributed by atoms with Gasteiger partial charge in [-0.3, -0.25) is 9.58 Å². The van der Waals surface area contributed by atoms with Gasteiger partial charge in [-0.1, -0.05) is 11.6 Å². The highest BCUT2D eigenvalue weighted by atomic mass is 35.5. The van der Waals surface area contributed by atoms with Gasteiger partial charge in [0.1, 0.15) is 5.15 Å². The second-order valence-corrected chi connectivity index (χ2v) is 6.36. The van der Waals surface area contributed by atoms with Crippen LogP contribution in [0.3, 0.4) is 0 Å². The fraction of sp³-hybridized carbons (Fsp3) is 0.769. The van der Waals surface area contributed by atoms with Crippen molar-refractivity contribution < 1.29 is 0 Å². The summed E-state index contributed by atoms with van der Waals surface area (Å²) < 4.78 is 1.75. The maximum atomic E-state index is 6.31. The van der Waals surface area contributed by atoms with Crippen LogP contribution in [-0.2, 0) is 13.6 Å². The first kappa shape index (κ1) is 13.8. The summed E-state index contributed by atoms with van der Waals surface area (Å²) in [6, 6.07) is 0.522. The second-order valence-electron chi connectivity index (χ2n) is 6.00. The molecule has 0 aromatic carbocycles. The predicted molar refractivity (Wildman–Crippen MR) is 74.9 cm³/mol. The van der Waals surface area contributed by atoms with Gasteiger partial charge in [-0.15, -0.1) is 0 Å². The van der Waals surface area contributed by atoms with Crippen LogP contribution >= 0.6 is 11.6 Å². The van der Waals surface area contributed by atoms with Crippen molar-refractivity contribution in [3.63, 3.8) is 0 Å². The minimum Gasteiger partial charge on any atom is -0.309 e. The van der Waals surface area contributed by atoms with E-state index in [2.05, 4.69) is 36.1 Å². The third-order valence-corrected chi connectivity index (χ3v) is 4.20. The SMILES string of the molecule is Cc1nn(C)c(Cl)c1CN1CC(C)(C)NCC1C. The summed E-state index contributed by atoms with van der Waals surface area (Å²) in [7, 11) is 1.89. The molecule has 1 aromatic rings. The lowest BCUT2D eigenvalue weighted by Gasteiger charge is -2.43. The van der Waals surface area contributed by atoms with E-state index in [4.69, 9.17) is 11.6 Å². The molecule has 1 aliphatic heterocycles. The molecule has 102 valence electrons. The number of rotatable bonds is 2. The number of piperazine rings is 1. The lowest BCUT2D eigenvalue weighted by Crippen LogP contribution is -2.60. The third kappa shape index (κ3) is 2.71. The van der Waals surface area contributed by atoms with Gasteiger partial charge in [0.15, 0.2) is 0 Å². The molecule has 4 nitrogen and oxygen atoms in total. The Hall–Kier alpha value is -0.580. The van der Waals surface area contributed by atoms with Crippen LogP contribution in [-0.4, -0.2) is 39.4 Å². The summed E-state index contributed by atoms with van der Waals surface area (Å²) in [4.78, 5) is 2.48. The Morgan fingerprint density at radius 2 is 2.17 bits per heavy atom. The largest absolute Gasteiger partial charge is 0.309 e. The minimum atomic E-state index is 0.162. The zero-order valence-corrected chi connectivity index (χ0v) is 12.7. The zero-order chi connectivity index (χ0) is 13.5. The van der Waals surface area contributed by atoms with Gasteiger partial charge in [-0.05, 0) is 27.7 Å². The van der Waals surface area contributed by atoms with Crippen molar-refractivity contribution >= 4 is 11.6 Å². The molecule has 18 heavy (non-hydrogen) atoms. The molecular weight excluding hydrogens is 248 g/mol. The van der Waals surface area contributed by atoms with E-state index in [0.717, 1.165) is 36.0 Å². The molecule has 1 unspecified atom stereocenters. The van der Waals surface area contributed by atoms with Crippen LogP contribution in [0.2, 0.25) is 5.15 Å². The zero-order valence-electron chi connectivity index (χ0n) is 11.9. The Morgan fingerprint density at radius 3 is 2.72 bits per heavy atom. The maximum absolute atomic E-state index is 6.31. The summed E-state index contributed by atoms with van der Waals surface area (Å²) in [6.45, 7) is 11.7. The van der Waals surface area contributed by atoms with Gasteiger partial charge >= 0.3 is 0 Å². The first-order chi connectivity index (χ1) is 8.30. The third-order valence-electron chi connectivity index (χ3n) is 3.73. The molecule has 5 heteroatoms. The molecule has 1 aromatic heterocycles. The highest BCUT2D eigenvalue weighted by molar-refractivity contribution is 6.30. The molecule has 0 amide bonds. The number of nitrogens with one attached hydrogen (secondary N) is 1. The van der Waals surface area contributed by atoms with Crippen LogP contribution < -0.4 is 5.32 Å². The number of hydrogen-bond donors (Lipinski definition) is 1. The van der Waals surface area contributed by atoms with Gasteiger partial charge in [-0.25, -0.2) is 0 Å². The topological polar surface area (TPSA) is 33.1 Å². The monoisotopic (exact) mass is 270 g/mol. The lowest BCUT2D eigenvalue weighted by molar-refractivity contribution is 0.0976. The first-order valence-electron chi connectivity index (χ1n) is 6.47. The Morgan fingerprint density at radius 1 is 1.50 bits per heavy atom. The smallest absolute Gasteiger partial charge is 0.131 e. The Kier molecular flexibility index (Phi) is 3.72. The Labute approximate surface area is 114 Å². The first-order valence-corrected chi connectivity index (χ1v) is 6.85. The predicted octanol–water partition coefficient (Wildman–Crippen LogP) is 1.95.